The van der Waals surface area contributed by atoms with Crippen LogP contribution in [0.15, 0.2) is 125 Å². The lowest BCUT2D eigenvalue weighted by atomic mass is 9.79. The van der Waals surface area contributed by atoms with Crippen LogP contribution in [0.1, 0.15) is 59.1 Å². The number of hydrogen-bond acceptors (Lipinski definition) is 7. The lowest BCUT2D eigenvalue weighted by molar-refractivity contribution is -0.415. The van der Waals surface area contributed by atoms with Crippen molar-refractivity contribution in [2.45, 2.75) is 58.8 Å². The third-order valence-electron chi connectivity index (χ3n) is 12.1. The maximum atomic E-state index is 12.5. The lowest BCUT2D eigenvalue weighted by Gasteiger charge is -2.32. The molecule has 4 aliphatic rings. The Balaban J connectivity index is 1.19. The number of nitrogens with zero attached hydrogens (tertiary/aromatic N) is 5. The van der Waals surface area contributed by atoms with E-state index in [0.717, 1.165) is 51.1 Å². The highest BCUT2D eigenvalue weighted by Crippen LogP contribution is 2.51. The molecular weight excluding hydrogens is 747 g/mol. The number of fused-ring (bicyclic) bond motifs is 6. The number of amides is 1. The molecule has 1 N–H and O–H groups in total. The molecule has 0 saturated carbocycles. The summed E-state index contributed by atoms with van der Waals surface area (Å²) in [5.74, 6) is -0.563. The van der Waals surface area contributed by atoms with E-state index in [1.165, 1.54) is 27.7 Å². The molecule has 1 saturated heterocycles. The maximum absolute atomic E-state index is 12.5. The molecule has 3 aliphatic heterocycles. The molecule has 0 atom stereocenters. The first kappa shape index (κ1) is 39.3. The van der Waals surface area contributed by atoms with Crippen LogP contribution in [0.3, 0.4) is 0 Å². The van der Waals surface area contributed by atoms with Crippen LogP contribution in [0.25, 0.3) is 21.5 Å². The summed E-state index contributed by atoms with van der Waals surface area (Å²) in [5, 5.41) is 11.9. The monoisotopic (exact) mass is 798 g/mol. The predicted octanol–water partition coefficient (Wildman–Crippen LogP) is 8.86. The van der Waals surface area contributed by atoms with Crippen molar-refractivity contribution in [3.63, 3.8) is 0 Å². The second-order valence-corrected chi connectivity index (χ2v) is 17.8. The Hall–Kier alpha value is -5.52. The van der Waals surface area contributed by atoms with E-state index in [-0.39, 0.29) is 11.5 Å². The summed E-state index contributed by atoms with van der Waals surface area (Å²) < 4.78 is 42.1. The number of likely N-dealkylation sites (N-methyl/N-ethyl adjacent to an activating group) is 1. The number of allylic oxidation sites excluding steroid dienone is 8. The van der Waals surface area contributed by atoms with Crippen molar-refractivity contribution in [2.75, 3.05) is 50.1 Å². The fraction of sp³-hybridized carbons (Fsp3) is 0.340. The van der Waals surface area contributed by atoms with Crippen LogP contribution in [-0.2, 0) is 25.7 Å². The van der Waals surface area contributed by atoms with Crippen molar-refractivity contribution in [1.29, 1.82) is 0 Å². The van der Waals surface area contributed by atoms with Crippen LogP contribution in [-0.4, -0.2) is 90.2 Å². The molecular formula is C47H52N5O5S+. The van der Waals surface area contributed by atoms with E-state index in [2.05, 4.69) is 106 Å². The molecule has 3 heterocycles. The molecule has 0 bridgehead atoms. The van der Waals surface area contributed by atoms with Crippen molar-refractivity contribution in [3.05, 3.63) is 131 Å². The Morgan fingerprint density at radius 2 is 1.50 bits per heavy atom. The standard InChI is InChI=1S/C47H51N5O5S/c1-7-51-38-23-19-32-13-9-11-15-36(32)42(38)46(3,4)40(51)25-21-34-17-18-35(44(34)48-50-29-27-49(28-30-50)45(53)57-8-2)22-26-41-47(5,6)43-37-16-12-10-14-33(37)20-24-39(43)52(41)31-58(54,55)56/h9-16,18-26H,7-8,17,27-31H2,1-6H3/p+1/b26-22+,34-21-,40-25-,48-44?. The van der Waals surface area contributed by atoms with E-state index in [0.29, 0.717) is 39.2 Å². The van der Waals surface area contributed by atoms with Gasteiger partial charge in [-0.1, -0.05) is 80.6 Å². The van der Waals surface area contributed by atoms with Gasteiger partial charge in [-0.3, -0.25) is 9.56 Å². The van der Waals surface area contributed by atoms with Gasteiger partial charge in [-0.05, 0) is 96.7 Å². The first-order valence-corrected chi connectivity index (χ1v) is 21.8. The van der Waals surface area contributed by atoms with Gasteiger partial charge in [-0.15, -0.1) is 0 Å². The van der Waals surface area contributed by atoms with E-state index in [1.54, 1.807) is 9.48 Å². The fourth-order valence-electron chi connectivity index (χ4n) is 9.41. The van der Waals surface area contributed by atoms with E-state index in [1.807, 2.05) is 48.4 Å². The van der Waals surface area contributed by atoms with Crippen LogP contribution >= 0.6 is 0 Å². The molecule has 1 amide bonds. The Kier molecular flexibility index (Phi) is 10.2. The highest BCUT2D eigenvalue weighted by molar-refractivity contribution is 7.85. The molecule has 4 aromatic rings. The minimum atomic E-state index is -4.37. The summed E-state index contributed by atoms with van der Waals surface area (Å²) in [6.45, 7) is 16.1. The molecule has 0 aromatic heterocycles. The Morgan fingerprint density at radius 1 is 0.845 bits per heavy atom. The Bertz CT molecular complexity index is 2640. The number of ether oxygens (including phenoxy) is 1. The molecule has 0 spiro atoms. The van der Waals surface area contributed by atoms with Gasteiger partial charge in [-0.2, -0.15) is 18.1 Å². The molecule has 300 valence electrons. The molecule has 58 heavy (non-hydrogen) atoms. The summed E-state index contributed by atoms with van der Waals surface area (Å²) in [5.41, 5.74) is 8.29. The number of piperazine rings is 1. The number of hydrogen-bond donors (Lipinski definition) is 1. The smallest absolute Gasteiger partial charge is 0.409 e. The van der Waals surface area contributed by atoms with Gasteiger partial charge in [0.15, 0.2) is 5.71 Å². The normalized spacial score (nSPS) is 21.0. The number of hydrazone groups is 1. The molecule has 11 heteroatoms. The van der Waals surface area contributed by atoms with E-state index < -0.39 is 21.4 Å². The number of rotatable bonds is 8. The first-order valence-electron chi connectivity index (χ1n) is 20.2. The topological polar surface area (TPSA) is 106 Å². The van der Waals surface area contributed by atoms with Gasteiger partial charge < -0.3 is 14.5 Å². The molecule has 0 unspecified atom stereocenters. The molecule has 0 radical (unpaired) electrons. The zero-order chi connectivity index (χ0) is 41.0. The van der Waals surface area contributed by atoms with Crippen molar-refractivity contribution in [1.82, 2.24) is 9.91 Å². The molecule has 1 aliphatic carbocycles. The quantitative estimate of drug-likeness (QED) is 0.140. The van der Waals surface area contributed by atoms with Gasteiger partial charge >= 0.3 is 16.2 Å². The average molecular weight is 799 g/mol. The maximum Gasteiger partial charge on any atom is 0.409 e. The zero-order valence-electron chi connectivity index (χ0n) is 34.2. The number of benzene rings is 4. The molecule has 10 nitrogen and oxygen atoms in total. The van der Waals surface area contributed by atoms with Crippen molar-refractivity contribution >= 4 is 60.6 Å². The van der Waals surface area contributed by atoms with E-state index in [9.17, 15) is 17.8 Å². The second kappa shape index (κ2) is 15.0. The van der Waals surface area contributed by atoms with E-state index in [4.69, 9.17) is 9.84 Å². The van der Waals surface area contributed by atoms with Crippen LogP contribution in [0.2, 0.25) is 0 Å². The summed E-state index contributed by atoms with van der Waals surface area (Å²) >= 11 is 0. The molecule has 1 fully saturated rings. The number of carbonyl (C=O) groups is 1. The average Bonchev–Trinajstić information content (AvgIpc) is 3.75. The SMILES string of the molecule is CCOC(=O)N1CCN(N=C2C(/C=C/C3=[N+](CS(=O)(=O)O)c4ccc5ccccc5c4C3(C)C)=CC/C2=C/C=C2\N(CC)c3ccc4ccccc4c3C2(C)C)CC1. The Labute approximate surface area is 341 Å². The third kappa shape index (κ3) is 6.94. The van der Waals surface area contributed by atoms with Crippen LogP contribution in [0, 0.1) is 0 Å². The zero-order valence-corrected chi connectivity index (χ0v) is 35.0. The van der Waals surface area contributed by atoms with Crippen molar-refractivity contribution < 1.29 is 27.1 Å². The van der Waals surface area contributed by atoms with Gasteiger partial charge in [0.2, 0.25) is 5.69 Å². The first-order chi connectivity index (χ1) is 27.7. The largest absolute Gasteiger partial charge is 0.450 e. The summed E-state index contributed by atoms with van der Waals surface area (Å²) in [7, 11) is -4.37. The minimum Gasteiger partial charge on any atom is -0.450 e. The van der Waals surface area contributed by atoms with Gasteiger partial charge in [0, 0.05) is 54.1 Å². The highest BCUT2D eigenvalue weighted by Gasteiger charge is 2.47. The Morgan fingerprint density at radius 3 is 2.16 bits per heavy atom. The van der Waals surface area contributed by atoms with Crippen molar-refractivity contribution in [2.24, 2.45) is 5.10 Å². The third-order valence-corrected chi connectivity index (χ3v) is 12.7. The predicted molar refractivity (Wildman–Crippen MR) is 234 cm³/mol. The van der Waals surface area contributed by atoms with Gasteiger partial charge in [0.05, 0.1) is 30.8 Å². The van der Waals surface area contributed by atoms with Crippen LogP contribution in [0.4, 0.5) is 16.2 Å². The minimum absolute atomic E-state index is 0.251. The van der Waals surface area contributed by atoms with Crippen LogP contribution < -0.4 is 4.90 Å². The number of anilines is 1. The van der Waals surface area contributed by atoms with E-state index >= 15 is 0 Å². The van der Waals surface area contributed by atoms with Crippen molar-refractivity contribution in [3.8, 4) is 0 Å². The fourth-order valence-corrected chi connectivity index (χ4v) is 10.0. The second-order valence-electron chi connectivity index (χ2n) is 16.4. The lowest BCUT2D eigenvalue weighted by Crippen LogP contribution is -2.47. The molecule has 8 rings (SSSR count). The van der Waals surface area contributed by atoms with Gasteiger partial charge in [0.1, 0.15) is 0 Å². The molecule has 4 aromatic carbocycles. The van der Waals surface area contributed by atoms with Crippen LogP contribution in [0.5, 0.6) is 0 Å². The van der Waals surface area contributed by atoms with Gasteiger partial charge in [-0.25, -0.2) is 4.79 Å². The van der Waals surface area contributed by atoms with Gasteiger partial charge in [0.25, 0.3) is 5.88 Å². The summed E-state index contributed by atoms with van der Waals surface area (Å²) in [6.07, 6.45) is 11.0. The summed E-state index contributed by atoms with van der Waals surface area (Å²) in [4.78, 5) is 16.6. The highest BCUT2D eigenvalue weighted by atomic mass is 32.2. The number of carbonyl (C=O) groups excluding carboxylic acids is 1. The summed E-state index contributed by atoms with van der Waals surface area (Å²) in [6, 6.07) is 25.1.